The Morgan fingerprint density at radius 3 is 2.32 bits per heavy atom. The standard InChI is InChI=1S/C13H3Cl2F3N4/c14-11-10(9-7(17)1-6(16)2-8(9)18)12(15)22-13(21-11)5(3-19)4-20-22/h1-2,4H. The molecule has 2 heterocycles. The van der Waals surface area contributed by atoms with Gasteiger partial charge in [0, 0.05) is 12.1 Å². The third-order valence-corrected chi connectivity index (χ3v) is 3.55. The van der Waals surface area contributed by atoms with Crippen LogP contribution >= 0.6 is 23.2 Å². The Morgan fingerprint density at radius 2 is 1.73 bits per heavy atom. The molecule has 0 amide bonds. The summed E-state index contributed by atoms with van der Waals surface area (Å²) < 4.78 is 41.9. The number of aromatic nitrogens is 3. The Morgan fingerprint density at radius 1 is 1.09 bits per heavy atom. The van der Waals surface area contributed by atoms with Crippen LogP contribution in [-0.2, 0) is 0 Å². The van der Waals surface area contributed by atoms with Crippen LogP contribution in [0.25, 0.3) is 16.8 Å². The summed E-state index contributed by atoms with van der Waals surface area (Å²) in [7, 11) is 0. The molecule has 0 radical (unpaired) electrons. The van der Waals surface area contributed by atoms with E-state index in [0.717, 1.165) is 4.52 Å². The van der Waals surface area contributed by atoms with Gasteiger partial charge in [0.2, 0.25) is 0 Å². The van der Waals surface area contributed by atoms with Crippen molar-refractivity contribution >= 4 is 28.8 Å². The molecule has 3 aromatic rings. The lowest BCUT2D eigenvalue weighted by Gasteiger charge is -2.10. The second-order valence-electron chi connectivity index (χ2n) is 4.22. The highest BCUT2D eigenvalue weighted by Gasteiger charge is 2.23. The Balaban J connectivity index is 2.41. The Hall–Kier alpha value is -2.30. The molecular weight excluding hydrogens is 340 g/mol. The molecule has 9 heteroatoms. The Labute approximate surface area is 131 Å². The fraction of sp³-hybridized carbons (Fsp3) is 0. The summed E-state index contributed by atoms with van der Waals surface area (Å²) in [5, 5.41) is 12.2. The molecule has 0 unspecified atom stereocenters. The number of hydrogen-bond donors (Lipinski definition) is 0. The molecule has 1 aromatic carbocycles. The number of nitriles is 1. The number of benzene rings is 1. The van der Waals surface area contributed by atoms with Crippen LogP contribution in [0, 0.1) is 28.8 Å². The normalized spacial score (nSPS) is 10.9. The molecule has 0 spiro atoms. The lowest BCUT2D eigenvalue weighted by atomic mass is 10.1. The molecule has 110 valence electrons. The zero-order chi connectivity index (χ0) is 16.0. The van der Waals surface area contributed by atoms with Gasteiger partial charge in [-0.25, -0.2) is 22.7 Å². The van der Waals surface area contributed by atoms with Gasteiger partial charge < -0.3 is 0 Å². The molecule has 22 heavy (non-hydrogen) atoms. The zero-order valence-electron chi connectivity index (χ0n) is 10.4. The van der Waals surface area contributed by atoms with Gasteiger partial charge in [0.05, 0.1) is 17.3 Å². The van der Waals surface area contributed by atoms with Gasteiger partial charge in [0.1, 0.15) is 39.4 Å². The van der Waals surface area contributed by atoms with E-state index in [9.17, 15) is 13.2 Å². The molecule has 0 fully saturated rings. The van der Waals surface area contributed by atoms with E-state index in [4.69, 9.17) is 28.5 Å². The molecule has 2 aromatic heterocycles. The lowest BCUT2D eigenvalue weighted by Crippen LogP contribution is -2.01. The van der Waals surface area contributed by atoms with Gasteiger partial charge in [-0.2, -0.15) is 10.4 Å². The first-order valence-corrected chi connectivity index (χ1v) is 6.47. The van der Waals surface area contributed by atoms with Crippen molar-refractivity contribution in [2.24, 2.45) is 0 Å². The highest BCUT2D eigenvalue weighted by Crippen LogP contribution is 2.37. The third-order valence-electron chi connectivity index (χ3n) is 2.92. The van der Waals surface area contributed by atoms with Gasteiger partial charge in [0.25, 0.3) is 0 Å². The van der Waals surface area contributed by atoms with Crippen LogP contribution < -0.4 is 0 Å². The van der Waals surface area contributed by atoms with Crippen LogP contribution in [0.3, 0.4) is 0 Å². The topological polar surface area (TPSA) is 54.0 Å². The smallest absolute Gasteiger partial charge is 0.176 e. The summed E-state index contributed by atoms with van der Waals surface area (Å²) in [5.74, 6) is -3.45. The molecule has 0 aliphatic carbocycles. The molecule has 4 nitrogen and oxygen atoms in total. The van der Waals surface area contributed by atoms with Crippen molar-refractivity contribution in [3.05, 3.63) is 51.7 Å². The van der Waals surface area contributed by atoms with Crippen LogP contribution in [0.1, 0.15) is 5.56 Å². The van der Waals surface area contributed by atoms with Crippen LogP contribution in [0.5, 0.6) is 0 Å². The quantitative estimate of drug-likeness (QED) is 0.628. The second-order valence-corrected chi connectivity index (χ2v) is 4.93. The summed E-state index contributed by atoms with van der Waals surface area (Å²) in [5.41, 5.74) is -0.766. The van der Waals surface area contributed by atoms with E-state index in [-0.39, 0.29) is 27.1 Å². The summed E-state index contributed by atoms with van der Waals surface area (Å²) in [6.07, 6.45) is 1.19. The number of nitrogens with zero attached hydrogens (tertiary/aromatic N) is 4. The number of fused-ring (bicyclic) bond motifs is 1. The van der Waals surface area contributed by atoms with Crippen LogP contribution in [-0.4, -0.2) is 14.6 Å². The predicted molar refractivity (Wildman–Crippen MR) is 73.0 cm³/mol. The zero-order valence-corrected chi connectivity index (χ0v) is 11.9. The van der Waals surface area contributed by atoms with Crippen LogP contribution in [0.15, 0.2) is 18.3 Å². The molecule has 0 aliphatic rings. The van der Waals surface area contributed by atoms with E-state index < -0.39 is 23.0 Å². The van der Waals surface area contributed by atoms with E-state index in [1.165, 1.54) is 6.20 Å². The maximum atomic E-state index is 13.9. The molecule has 0 saturated carbocycles. The number of rotatable bonds is 1. The minimum Gasteiger partial charge on any atom is -0.215 e. The molecule has 0 atom stereocenters. The van der Waals surface area contributed by atoms with Gasteiger partial charge in [-0.1, -0.05) is 23.2 Å². The van der Waals surface area contributed by atoms with Crippen LogP contribution in [0.4, 0.5) is 13.2 Å². The van der Waals surface area contributed by atoms with Crippen molar-refractivity contribution in [1.29, 1.82) is 5.26 Å². The summed E-state index contributed by atoms with van der Waals surface area (Å²) in [4.78, 5) is 3.88. The van der Waals surface area contributed by atoms with Gasteiger partial charge >= 0.3 is 0 Å². The van der Waals surface area contributed by atoms with E-state index in [1.807, 2.05) is 6.07 Å². The van der Waals surface area contributed by atoms with Crippen LogP contribution in [0.2, 0.25) is 10.3 Å². The first-order chi connectivity index (χ1) is 10.4. The highest BCUT2D eigenvalue weighted by molar-refractivity contribution is 6.38. The molecule has 0 aliphatic heterocycles. The number of halogens is 5. The largest absolute Gasteiger partial charge is 0.215 e. The minimum absolute atomic E-state index is 0.0455. The molecule has 3 rings (SSSR count). The van der Waals surface area contributed by atoms with Crippen molar-refractivity contribution in [2.75, 3.05) is 0 Å². The Bertz CT molecular complexity index is 939. The van der Waals surface area contributed by atoms with E-state index in [0.29, 0.717) is 12.1 Å². The monoisotopic (exact) mass is 342 g/mol. The van der Waals surface area contributed by atoms with Gasteiger partial charge in [-0.3, -0.25) is 0 Å². The fourth-order valence-corrected chi connectivity index (χ4v) is 2.62. The van der Waals surface area contributed by atoms with Crippen molar-refractivity contribution in [3.63, 3.8) is 0 Å². The molecule has 0 bridgehead atoms. The molecular formula is C13H3Cl2F3N4. The second kappa shape index (κ2) is 5.16. The predicted octanol–water partition coefficient (Wildman–Crippen LogP) is 3.99. The fourth-order valence-electron chi connectivity index (χ4n) is 2.00. The summed E-state index contributed by atoms with van der Waals surface area (Å²) >= 11 is 12.0. The molecule has 0 saturated heterocycles. The van der Waals surface area contributed by atoms with Crippen molar-refractivity contribution in [1.82, 2.24) is 14.6 Å². The van der Waals surface area contributed by atoms with Crippen molar-refractivity contribution in [3.8, 4) is 17.2 Å². The first-order valence-electron chi connectivity index (χ1n) is 5.71. The summed E-state index contributed by atoms with van der Waals surface area (Å²) in [6.45, 7) is 0. The van der Waals surface area contributed by atoms with Crippen molar-refractivity contribution < 1.29 is 13.2 Å². The lowest BCUT2D eigenvalue weighted by molar-refractivity contribution is 0.548. The van der Waals surface area contributed by atoms with Gasteiger partial charge in [0.15, 0.2) is 5.65 Å². The van der Waals surface area contributed by atoms with Gasteiger partial charge in [-0.15, -0.1) is 0 Å². The maximum absolute atomic E-state index is 13.9. The van der Waals surface area contributed by atoms with E-state index in [2.05, 4.69) is 10.1 Å². The SMILES string of the molecule is N#Cc1cnn2c(Cl)c(-c3c(F)cc(F)cc3F)c(Cl)nc12. The van der Waals surface area contributed by atoms with E-state index >= 15 is 0 Å². The van der Waals surface area contributed by atoms with Gasteiger partial charge in [-0.05, 0) is 0 Å². The highest BCUT2D eigenvalue weighted by atomic mass is 35.5. The number of hydrogen-bond acceptors (Lipinski definition) is 3. The third kappa shape index (κ3) is 2.08. The van der Waals surface area contributed by atoms with E-state index in [1.54, 1.807) is 0 Å². The summed E-state index contributed by atoms with van der Waals surface area (Å²) in [6, 6.07) is 2.83. The molecule has 0 N–H and O–H groups in total. The first kappa shape index (κ1) is 14.6. The average molecular weight is 343 g/mol. The Kier molecular flexibility index (Phi) is 3.43. The average Bonchev–Trinajstić information content (AvgIpc) is 2.84. The van der Waals surface area contributed by atoms with Crippen molar-refractivity contribution in [2.45, 2.75) is 0 Å². The maximum Gasteiger partial charge on any atom is 0.176 e. The minimum atomic E-state index is -1.19.